The number of carbonyl (C=O) groups excluding carboxylic acids is 3. The zero-order valence-corrected chi connectivity index (χ0v) is 36.4. The Kier molecular flexibility index (Phi) is 15.5. The zero-order valence-electron chi connectivity index (χ0n) is 34.2. The van der Waals surface area contributed by atoms with Gasteiger partial charge in [0.1, 0.15) is 15.2 Å². The predicted octanol–water partition coefficient (Wildman–Crippen LogP) is 6.96. The molecular weight excluding hydrogens is 875 g/mol. The molecule has 14 heteroatoms. The number of halogens is 1. The first kappa shape index (κ1) is 43.6. The first-order valence-electron chi connectivity index (χ1n) is 19.8. The molecule has 312 valence electrons. The molecule has 0 spiro atoms. The van der Waals surface area contributed by atoms with Gasteiger partial charge in [0.25, 0.3) is 0 Å². The van der Waals surface area contributed by atoms with Gasteiger partial charge in [0, 0.05) is 37.1 Å². The van der Waals surface area contributed by atoms with Crippen LogP contribution in [-0.4, -0.2) is 84.5 Å². The number of rotatable bonds is 15. The Morgan fingerprint density at radius 1 is 0.650 bits per heavy atom. The molecule has 4 aromatic carbocycles. The first-order chi connectivity index (χ1) is 29.2. The highest BCUT2D eigenvalue weighted by Gasteiger charge is 2.31. The molecule has 1 amide bonds. The lowest BCUT2D eigenvalue weighted by Crippen LogP contribution is -2.48. The standard InChI is InChI=1S/C25H28N4O4.C21H21IN2O3/c1-3-33-25(31)23-21(15-18-7-5-4-6-8-18)24(28-14-13-26-16-22(28)30)27-29(23)17-19-9-11-20(32-2)12-10-19;1-3-27-21(25)19-18(13-15-7-5-4-6-8-15)20(22)23-24(19)14-16-9-11-17(26-2)12-10-16/h4-12,26H,3,13-17H2,1-2H3;4-12H,3,13-14H2,1-2H3. The number of carbonyl (C=O) groups is 3. The van der Waals surface area contributed by atoms with E-state index in [-0.39, 0.29) is 25.0 Å². The van der Waals surface area contributed by atoms with Crippen molar-refractivity contribution in [1.82, 2.24) is 24.9 Å². The fourth-order valence-corrected chi connectivity index (χ4v) is 7.52. The van der Waals surface area contributed by atoms with E-state index in [0.29, 0.717) is 68.4 Å². The topological polar surface area (TPSA) is 139 Å². The number of aromatic nitrogens is 4. The number of methoxy groups -OCH3 is 2. The molecular formula is C46H49IN6O7. The number of nitrogens with zero attached hydrogens (tertiary/aromatic N) is 5. The van der Waals surface area contributed by atoms with Gasteiger partial charge in [-0.3, -0.25) is 19.1 Å². The summed E-state index contributed by atoms with van der Waals surface area (Å²) in [5.41, 5.74) is 6.62. The summed E-state index contributed by atoms with van der Waals surface area (Å²) < 4.78 is 25.4. The summed E-state index contributed by atoms with van der Waals surface area (Å²) in [6.07, 6.45) is 1.10. The van der Waals surface area contributed by atoms with Gasteiger partial charge < -0.3 is 24.3 Å². The number of anilines is 1. The van der Waals surface area contributed by atoms with E-state index in [1.165, 1.54) is 0 Å². The van der Waals surface area contributed by atoms with Crippen molar-refractivity contribution in [3.05, 3.63) is 158 Å². The van der Waals surface area contributed by atoms with E-state index in [9.17, 15) is 14.4 Å². The van der Waals surface area contributed by atoms with E-state index in [1.54, 1.807) is 35.4 Å². The second-order valence-electron chi connectivity index (χ2n) is 13.8. The molecule has 6 aromatic rings. The number of ether oxygens (including phenoxy) is 4. The molecule has 3 heterocycles. The molecule has 0 radical (unpaired) electrons. The van der Waals surface area contributed by atoms with Crippen molar-refractivity contribution >= 4 is 46.3 Å². The molecule has 0 aliphatic carbocycles. The average molecular weight is 925 g/mol. The third kappa shape index (κ3) is 11.0. The number of benzene rings is 4. The van der Waals surface area contributed by atoms with Crippen molar-refractivity contribution in [1.29, 1.82) is 0 Å². The van der Waals surface area contributed by atoms with Crippen molar-refractivity contribution in [2.75, 3.05) is 52.0 Å². The van der Waals surface area contributed by atoms with E-state index in [4.69, 9.17) is 24.0 Å². The third-order valence-electron chi connectivity index (χ3n) is 9.74. The lowest BCUT2D eigenvalue weighted by molar-refractivity contribution is -0.118. The lowest BCUT2D eigenvalue weighted by Gasteiger charge is -2.26. The van der Waals surface area contributed by atoms with Crippen molar-refractivity contribution in [3.63, 3.8) is 0 Å². The number of hydrogen-bond acceptors (Lipinski definition) is 10. The molecule has 0 atom stereocenters. The van der Waals surface area contributed by atoms with Crippen molar-refractivity contribution < 1.29 is 33.3 Å². The van der Waals surface area contributed by atoms with Crippen LogP contribution in [0, 0.1) is 3.70 Å². The Morgan fingerprint density at radius 2 is 1.12 bits per heavy atom. The molecule has 60 heavy (non-hydrogen) atoms. The number of piperazine rings is 1. The van der Waals surface area contributed by atoms with Crippen LogP contribution in [0.25, 0.3) is 0 Å². The Morgan fingerprint density at radius 3 is 1.58 bits per heavy atom. The maximum atomic E-state index is 13.1. The summed E-state index contributed by atoms with van der Waals surface area (Å²) >= 11 is 2.19. The molecule has 0 bridgehead atoms. The van der Waals surface area contributed by atoms with Crippen LogP contribution in [0.2, 0.25) is 0 Å². The Labute approximate surface area is 363 Å². The fourth-order valence-electron chi connectivity index (χ4n) is 6.82. The van der Waals surface area contributed by atoms with Gasteiger partial charge in [0.05, 0.1) is 47.1 Å². The van der Waals surface area contributed by atoms with Gasteiger partial charge in [-0.05, 0) is 83.0 Å². The summed E-state index contributed by atoms with van der Waals surface area (Å²) in [6.45, 7) is 6.41. The molecule has 7 rings (SSSR count). The number of nitrogens with one attached hydrogen (secondary N) is 1. The highest BCUT2D eigenvalue weighted by atomic mass is 127. The summed E-state index contributed by atoms with van der Waals surface area (Å²) in [7, 11) is 3.26. The second-order valence-corrected chi connectivity index (χ2v) is 14.8. The molecule has 1 aliphatic rings. The van der Waals surface area contributed by atoms with E-state index in [1.807, 2.05) is 116 Å². The quantitative estimate of drug-likeness (QED) is 0.0851. The smallest absolute Gasteiger partial charge is 0.356 e. The Balaban J connectivity index is 0.000000205. The number of esters is 2. The van der Waals surface area contributed by atoms with Crippen molar-refractivity contribution in [3.8, 4) is 11.5 Å². The number of amides is 1. The molecule has 1 saturated heterocycles. The minimum absolute atomic E-state index is 0.0694. The highest BCUT2D eigenvalue weighted by Crippen LogP contribution is 2.29. The van der Waals surface area contributed by atoms with E-state index < -0.39 is 5.97 Å². The van der Waals surface area contributed by atoms with E-state index in [0.717, 1.165) is 43.0 Å². The van der Waals surface area contributed by atoms with E-state index >= 15 is 0 Å². The van der Waals surface area contributed by atoms with Gasteiger partial charge in [-0.15, -0.1) is 0 Å². The van der Waals surface area contributed by atoms with Gasteiger partial charge in [-0.2, -0.15) is 10.2 Å². The van der Waals surface area contributed by atoms with Gasteiger partial charge in [-0.1, -0.05) is 84.9 Å². The van der Waals surface area contributed by atoms with Gasteiger partial charge >= 0.3 is 11.9 Å². The minimum Gasteiger partial charge on any atom is -0.497 e. The Hall–Kier alpha value is -6.00. The van der Waals surface area contributed by atoms with Crippen LogP contribution in [0.4, 0.5) is 5.82 Å². The molecule has 1 fully saturated rings. The molecule has 13 nitrogen and oxygen atoms in total. The monoisotopic (exact) mass is 924 g/mol. The molecule has 0 unspecified atom stereocenters. The summed E-state index contributed by atoms with van der Waals surface area (Å²) in [4.78, 5) is 40.2. The minimum atomic E-state index is -0.446. The molecule has 1 N–H and O–H groups in total. The predicted molar refractivity (Wildman–Crippen MR) is 237 cm³/mol. The summed E-state index contributed by atoms with van der Waals surface area (Å²) in [5.74, 6) is 1.21. The molecule has 2 aromatic heterocycles. The van der Waals surface area contributed by atoms with E-state index in [2.05, 4.69) is 33.0 Å². The van der Waals surface area contributed by atoms with Crippen LogP contribution in [0.3, 0.4) is 0 Å². The lowest BCUT2D eigenvalue weighted by atomic mass is 10.0. The van der Waals surface area contributed by atoms with Crippen molar-refractivity contribution in [2.45, 2.75) is 39.8 Å². The van der Waals surface area contributed by atoms with Gasteiger partial charge in [0.15, 0.2) is 17.2 Å². The van der Waals surface area contributed by atoms with Gasteiger partial charge in [0.2, 0.25) is 5.91 Å². The SMILES string of the molecule is CCOC(=O)c1c(Cc2ccccc2)c(I)nn1Cc1ccc(OC)cc1.CCOC(=O)c1c(Cc2ccccc2)c(N2CCNCC2=O)nn1Cc1ccc(OC)cc1. The molecule has 1 aliphatic heterocycles. The third-order valence-corrected chi connectivity index (χ3v) is 10.6. The summed E-state index contributed by atoms with van der Waals surface area (Å²) in [5, 5.41) is 12.5. The average Bonchev–Trinajstić information content (AvgIpc) is 3.77. The van der Waals surface area contributed by atoms with Crippen LogP contribution in [0.15, 0.2) is 109 Å². The maximum absolute atomic E-state index is 13.1. The zero-order chi connectivity index (χ0) is 42.4. The van der Waals surface area contributed by atoms with Crippen LogP contribution < -0.4 is 19.7 Å². The largest absolute Gasteiger partial charge is 0.497 e. The van der Waals surface area contributed by atoms with Crippen LogP contribution in [0.5, 0.6) is 11.5 Å². The van der Waals surface area contributed by atoms with Crippen LogP contribution in [-0.2, 0) is 40.2 Å². The number of hydrogen-bond donors (Lipinski definition) is 1. The fraction of sp³-hybridized carbons (Fsp3) is 0.283. The van der Waals surface area contributed by atoms with Crippen LogP contribution in [0.1, 0.15) is 68.2 Å². The Bertz CT molecular complexity index is 2350. The highest BCUT2D eigenvalue weighted by molar-refractivity contribution is 14.1. The van der Waals surface area contributed by atoms with Crippen LogP contribution >= 0.6 is 22.6 Å². The first-order valence-corrected chi connectivity index (χ1v) is 20.8. The van der Waals surface area contributed by atoms with Crippen molar-refractivity contribution in [2.24, 2.45) is 0 Å². The maximum Gasteiger partial charge on any atom is 0.356 e. The normalized spacial score (nSPS) is 12.3. The molecule has 0 saturated carbocycles. The summed E-state index contributed by atoms with van der Waals surface area (Å²) in [6, 6.07) is 35.3. The van der Waals surface area contributed by atoms with Gasteiger partial charge in [-0.25, -0.2) is 9.59 Å². The second kappa shape index (κ2) is 21.3.